The van der Waals surface area contributed by atoms with Crippen molar-refractivity contribution < 1.29 is 71.7 Å². The van der Waals surface area contributed by atoms with Crippen molar-refractivity contribution in [2.24, 2.45) is 0 Å². The van der Waals surface area contributed by atoms with Crippen LogP contribution in [0.25, 0.3) is 10.9 Å². The Kier molecular flexibility index (Phi) is 19.8. The molecule has 3 unspecified atom stereocenters. The third-order valence-corrected chi connectivity index (χ3v) is 15.8. The zero-order valence-electron chi connectivity index (χ0n) is 48.3. The Bertz CT molecular complexity index is 3230. The highest BCUT2D eigenvalue weighted by Gasteiger charge is 2.53. The van der Waals surface area contributed by atoms with E-state index < -0.39 is 126 Å². The summed E-state index contributed by atoms with van der Waals surface area (Å²) in [5.74, 6) is -6.51. The number of alkyl carbamates (subject to hydrolysis) is 1. The normalized spacial score (nSPS) is 19.3. The molecule has 5 atom stereocenters. The number of unbranched alkanes of at least 4 members (excludes halogenated alkanes) is 3. The lowest BCUT2D eigenvalue weighted by atomic mass is 9.78. The fraction of sp³-hybridized carbons (Fsp3) is 0.500. The lowest BCUT2D eigenvalue weighted by Crippen LogP contribution is -2.53. The first-order valence-electron chi connectivity index (χ1n) is 28.8. The maximum Gasteiger partial charge on any atom is 0.407 e. The molecule has 0 bridgehead atoms. The molecule has 454 valence electrons. The number of aliphatic hydroxyl groups is 1. The number of esters is 1. The summed E-state index contributed by atoms with van der Waals surface area (Å²) in [5.41, 5.74) is 1.64. The molecule has 8 N–H and O–H groups in total. The molecule has 0 spiro atoms. The van der Waals surface area contributed by atoms with Crippen LogP contribution in [0.4, 0.5) is 9.18 Å². The maximum absolute atomic E-state index is 15.5. The first kappa shape index (κ1) is 62.4. The molecule has 8 rings (SSSR count). The van der Waals surface area contributed by atoms with Gasteiger partial charge >= 0.3 is 12.1 Å². The summed E-state index contributed by atoms with van der Waals surface area (Å²) in [6, 6.07) is 6.39. The van der Waals surface area contributed by atoms with Crippen molar-refractivity contribution >= 4 is 76.1 Å². The van der Waals surface area contributed by atoms with Crippen molar-refractivity contribution in [3.05, 3.63) is 99.0 Å². The number of amides is 10. The molecule has 24 nitrogen and oxygen atoms in total. The molecule has 85 heavy (non-hydrogen) atoms. The van der Waals surface area contributed by atoms with Gasteiger partial charge in [-0.25, -0.2) is 14.0 Å². The number of carbonyl (C=O) groups excluding carboxylic acids is 11. The van der Waals surface area contributed by atoms with Crippen molar-refractivity contribution in [3.8, 4) is 0 Å². The smallest absolute Gasteiger partial charge is 0.407 e. The second-order valence-corrected chi connectivity index (χ2v) is 22.8. The number of hydrogen-bond acceptors (Lipinski definition) is 15. The van der Waals surface area contributed by atoms with Crippen molar-refractivity contribution in [1.29, 1.82) is 0 Å². The number of halogens is 1. The van der Waals surface area contributed by atoms with E-state index in [-0.39, 0.29) is 69.5 Å². The molecule has 3 aromatic rings. The highest BCUT2D eigenvalue weighted by Crippen LogP contribution is 2.51. The lowest BCUT2D eigenvalue weighted by Gasteiger charge is -2.41. The van der Waals surface area contributed by atoms with Gasteiger partial charge in [0.2, 0.25) is 35.4 Å². The van der Waals surface area contributed by atoms with Crippen molar-refractivity contribution in [2.75, 3.05) is 39.3 Å². The van der Waals surface area contributed by atoms with E-state index in [1.54, 1.807) is 69.9 Å². The summed E-state index contributed by atoms with van der Waals surface area (Å²) in [4.78, 5) is 151. The van der Waals surface area contributed by atoms with Gasteiger partial charge in [0.1, 0.15) is 30.1 Å². The Morgan fingerprint density at radius 1 is 0.835 bits per heavy atom. The van der Waals surface area contributed by atoms with E-state index in [2.05, 4.69) is 37.2 Å². The molecular formula is C60H73FN10O14. The third kappa shape index (κ3) is 14.8. The van der Waals surface area contributed by atoms with Crippen LogP contribution in [0, 0.1) is 12.7 Å². The van der Waals surface area contributed by atoms with Crippen molar-refractivity contribution in [1.82, 2.24) is 52.0 Å². The fourth-order valence-electron chi connectivity index (χ4n) is 11.4. The van der Waals surface area contributed by atoms with Crippen LogP contribution in [0.3, 0.4) is 0 Å². The first-order valence-corrected chi connectivity index (χ1v) is 28.8. The number of aromatic nitrogens is 1. The van der Waals surface area contributed by atoms with Crippen LogP contribution in [0.5, 0.6) is 0 Å². The number of rotatable bonds is 25. The number of hydrogen-bond donors (Lipinski definition) is 8. The fourth-order valence-corrected chi connectivity index (χ4v) is 11.4. The van der Waals surface area contributed by atoms with Crippen molar-refractivity contribution in [2.45, 2.75) is 154 Å². The van der Waals surface area contributed by atoms with Gasteiger partial charge in [-0.1, -0.05) is 43.7 Å². The van der Waals surface area contributed by atoms with Crippen LogP contribution in [0.2, 0.25) is 0 Å². The highest BCUT2D eigenvalue weighted by atomic mass is 19.1. The molecule has 5 aliphatic rings. The lowest BCUT2D eigenvalue weighted by molar-refractivity contribution is -0.165. The summed E-state index contributed by atoms with van der Waals surface area (Å²) in [6.45, 7) is 6.97. The SMILES string of the molecule is CC[C@@]1(O)C(=O)OCC2=C1CC1c3nc4cc(F)c(C)c5c4c(c3CN1C2=O)[C@@H](NC(=O)CNC(=O)C(Cc1ccccc1)NC(=O)CNC(=O)CNC(=O)C(CCCCNC(=O)OC(C)(C)C)NC(=O)CCCCCN1C(=O)C=CC1=O)CC5. The van der Waals surface area contributed by atoms with Crippen LogP contribution in [-0.2, 0) is 76.8 Å². The Labute approximate surface area is 490 Å². The largest absolute Gasteiger partial charge is 0.458 e. The summed E-state index contributed by atoms with van der Waals surface area (Å²) < 4.78 is 26.1. The molecular weight excluding hydrogens is 1100 g/mol. The van der Waals surface area contributed by atoms with Crippen molar-refractivity contribution in [3.63, 3.8) is 0 Å². The minimum Gasteiger partial charge on any atom is -0.458 e. The summed E-state index contributed by atoms with van der Waals surface area (Å²) >= 11 is 0. The van der Waals surface area contributed by atoms with Crippen LogP contribution < -0.4 is 37.2 Å². The van der Waals surface area contributed by atoms with Gasteiger partial charge in [0, 0.05) is 61.6 Å². The standard InChI is InChI=1S/C60H73FN10O14/c1-6-60(83)38-26-44-53-36(31-71(44)56(80)37(38)32-84-57(60)81)52-40(20-19-35-33(2)39(61)27-42(69-53)51(35)52)66-48(75)30-65-55(79)43(25-34-15-9-7-10-16-34)68-47(74)29-63-46(73)28-64-54(78)41(17-12-13-23-62-58(82)85-59(3,4)5)67-45(72)18-11-8-14-24-70-49(76)21-22-50(70)77/h7,9-10,15-16,21-22,27,40-41,43-44,83H,6,8,11-14,17-20,23-26,28-32H2,1-5H3,(H,62,82)(H,63,73)(H,64,78)(H,65,79)(H,66,75)(H,67,72)(H,68,74)/t40-,41?,43?,44?,60-/m0/s1. The predicted octanol–water partition coefficient (Wildman–Crippen LogP) is 2.31. The van der Waals surface area contributed by atoms with Gasteiger partial charge in [-0.15, -0.1) is 0 Å². The number of fused-ring (bicyclic) bond motifs is 4. The molecule has 0 saturated carbocycles. The van der Waals surface area contributed by atoms with Gasteiger partial charge in [0.25, 0.3) is 17.7 Å². The van der Waals surface area contributed by atoms with E-state index in [0.717, 1.165) is 4.90 Å². The minimum absolute atomic E-state index is 0.00633. The molecule has 0 radical (unpaired) electrons. The van der Waals surface area contributed by atoms with E-state index in [1.165, 1.54) is 18.2 Å². The Hall–Kier alpha value is -8.61. The molecule has 0 fully saturated rings. The Morgan fingerprint density at radius 2 is 1.52 bits per heavy atom. The van der Waals surface area contributed by atoms with Gasteiger partial charge in [-0.3, -0.25) is 53.0 Å². The highest BCUT2D eigenvalue weighted by molar-refractivity contribution is 6.13. The molecule has 25 heteroatoms. The summed E-state index contributed by atoms with van der Waals surface area (Å²) in [6.07, 6.45) is 4.91. The molecule has 4 aliphatic heterocycles. The quantitative estimate of drug-likeness (QED) is 0.0343. The third-order valence-electron chi connectivity index (χ3n) is 15.8. The maximum atomic E-state index is 15.5. The van der Waals surface area contributed by atoms with Crippen LogP contribution in [0.1, 0.15) is 137 Å². The van der Waals surface area contributed by atoms with Crippen LogP contribution in [-0.4, -0.2) is 148 Å². The van der Waals surface area contributed by atoms with E-state index in [0.29, 0.717) is 89.4 Å². The number of carbonyl (C=O) groups is 11. The van der Waals surface area contributed by atoms with Gasteiger partial charge in [-0.2, -0.15) is 0 Å². The number of ether oxygens (including phenoxy) is 2. The van der Waals surface area contributed by atoms with Crippen LogP contribution >= 0.6 is 0 Å². The van der Waals surface area contributed by atoms with Gasteiger partial charge < -0.3 is 56.7 Å². The second-order valence-electron chi connectivity index (χ2n) is 22.8. The van der Waals surface area contributed by atoms with E-state index in [1.807, 2.05) is 0 Å². The van der Waals surface area contributed by atoms with Gasteiger partial charge in [0.05, 0.1) is 48.5 Å². The van der Waals surface area contributed by atoms with E-state index in [4.69, 9.17) is 14.5 Å². The van der Waals surface area contributed by atoms with Gasteiger partial charge in [0.15, 0.2) is 5.60 Å². The molecule has 2 aromatic carbocycles. The Morgan fingerprint density at radius 3 is 2.22 bits per heavy atom. The number of pyridine rings is 1. The first-order chi connectivity index (χ1) is 40.5. The topological polar surface area (TPSA) is 330 Å². The van der Waals surface area contributed by atoms with Crippen LogP contribution in [0.15, 0.2) is 59.7 Å². The number of aryl methyl sites for hydroxylation is 1. The number of imide groups is 1. The van der Waals surface area contributed by atoms with Gasteiger partial charge in [-0.05, 0) is 113 Å². The minimum atomic E-state index is -2.00. The number of nitrogens with zero attached hydrogens (tertiary/aromatic N) is 3. The average Bonchev–Trinajstić information content (AvgIpc) is 3.02. The predicted molar refractivity (Wildman–Crippen MR) is 302 cm³/mol. The number of nitrogens with one attached hydrogen (secondary N) is 7. The second kappa shape index (κ2) is 27.0. The molecule has 10 amide bonds. The monoisotopic (exact) mass is 1180 g/mol. The molecule has 5 heterocycles. The number of benzene rings is 2. The molecule has 1 aliphatic carbocycles. The van der Waals surface area contributed by atoms with E-state index in [9.17, 15) is 57.8 Å². The number of cyclic esters (lactones) is 1. The Balaban J connectivity index is 0.859. The van der Waals surface area contributed by atoms with E-state index >= 15 is 4.39 Å². The molecule has 1 aromatic heterocycles. The summed E-state index contributed by atoms with van der Waals surface area (Å²) in [7, 11) is 0. The zero-order chi connectivity index (χ0) is 61.3. The average molecular weight is 1180 g/mol. The molecule has 0 saturated heterocycles. The summed E-state index contributed by atoms with van der Waals surface area (Å²) in [5, 5.41) is 30.7. The zero-order valence-corrected chi connectivity index (χ0v) is 48.3.